The maximum atomic E-state index is 9.18. The highest BCUT2D eigenvalue weighted by Gasteiger charge is 2.36. The smallest absolute Gasteiger partial charge is 0.148 e. The summed E-state index contributed by atoms with van der Waals surface area (Å²) in [5, 5.41) is 16.3. The molecule has 1 aliphatic carbocycles. The lowest BCUT2D eigenvalue weighted by molar-refractivity contribution is 0.318. The van der Waals surface area contributed by atoms with Gasteiger partial charge in [0.25, 0.3) is 0 Å². The molecule has 0 radical (unpaired) electrons. The Hall–Kier alpha value is -3.61. The number of ether oxygens (including phenoxy) is 1. The number of aliphatic imine (C=N–C) groups is 2. The van der Waals surface area contributed by atoms with Crippen LogP contribution in [0.5, 0.6) is 5.75 Å². The van der Waals surface area contributed by atoms with Gasteiger partial charge in [-0.05, 0) is 54.7 Å². The number of oxime groups is 1. The lowest BCUT2D eigenvalue weighted by atomic mass is 10.0. The van der Waals surface area contributed by atoms with Crippen molar-refractivity contribution in [1.29, 1.82) is 0 Å². The van der Waals surface area contributed by atoms with E-state index in [0.29, 0.717) is 0 Å². The van der Waals surface area contributed by atoms with E-state index >= 15 is 0 Å². The van der Waals surface area contributed by atoms with Gasteiger partial charge in [-0.15, -0.1) is 0 Å². The van der Waals surface area contributed by atoms with Gasteiger partial charge in [0, 0.05) is 23.7 Å². The molecule has 2 atom stereocenters. The van der Waals surface area contributed by atoms with Gasteiger partial charge in [0.1, 0.15) is 23.8 Å². The van der Waals surface area contributed by atoms with Crippen molar-refractivity contribution in [3.8, 4) is 5.75 Å². The van der Waals surface area contributed by atoms with Crippen LogP contribution in [-0.4, -0.2) is 41.1 Å². The quantitative estimate of drug-likeness (QED) is 0.602. The molecule has 152 valence electrons. The molecule has 2 aromatic rings. The molecule has 0 spiro atoms. The van der Waals surface area contributed by atoms with Crippen molar-refractivity contribution in [1.82, 2.24) is 4.90 Å². The normalized spacial score (nSPS) is 22.8. The van der Waals surface area contributed by atoms with E-state index in [1.807, 2.05) is 31.3 Å². The molecule has 0 aromatic heterocycles. The van der Waals surface area contributed by atoms with Gasteiger partial charge in [-0.3, -0.25) is 9.98 Å². The van der Waals surface area contributed by atoms with Gasteiger partial charge < -0.3 is 20.2 Å². The number of aryl methyl sites for hydroxylation is 2. The van der Waals surface area contributed by atoms with Crippen LogP contribution >= 0.6 is 0 Å². The van der Waals surface area contributed by atoms with Crippen molar-refractivity contribution >= 4 is 23.4 Å². The van der Waals surface area contributed by atoms with E-state index in [0.717, 1.165) is 52.5 Å². The first kappa shape index (κ1) is 18.4. The molecule has 2 aromatic carbocycles. The Bertz CT molecular complexity index is 1120. The van der Waals surface area contributed by atoms with Crippen LogP contribution in [0.4, 0.5) is 5.69 Å². The highest BCUT2D eigenvalue weighted by molar-refractivity contribution is 6.31. The van der Waals surface area contributed by atoms with Crippen molar-refractivity contribution in [3.05, 3.63) is 71.1 Å². The fourth-order valence-electron chi connectivity index (χ4n) is 4.39. The van der Waals surface area contributed by atoms with Gasteiger partial charge in [0.15, 0.2) is 0 Å². The van der Waals surface area contributed by atoms with Gasteiger partial charge in [0.2, 0.25) is 0 Å². The molecule has 0 saturated heterocycles. The summed E-state index contributed by atoms with van der Waals surface area (Å²) in [5.41, 5.74) is 6.19. The molecule has 2 aliphatic heterocycles. The minimum atomic E-state index is -0.0957. The van der Waals surface area contributed by atoms with Crippen molar-refractivity contribution in [3.63, 3.8) is 0 Å². The topological polar surface area (TPSA) is 81.8 Å². The van der Waals surface area contributed by atoms with Crippen LogP contribution in [0.15, 0.2) is 63.9 Å². The Kier molecular flexibility index (Phi) is 4.50. The fourth-order valence-corrected chi connectivity index (χ4v) is 4.39. The number of rotatable bonds is 4. The zero-order valence-corrected chi connectivity index (χ0v) is 16.9. The Morgan fingerprint density at radius 3 is 2.90 bits per heavy atom. The molecule has 2 heterocycles. The third-order valence-electron chi connectivity index (χ3n) is 5.88. The Balaban J connectivity index is 1.48. The van der Waals surface area contributed by atoms with Gasteiger partial charge in [-0.25, -0.2) is 0 Å². The lowest BCUT2D eigenvalue weighted by Crippen LogP contribution is -2.40. The summed E-state index contributed by atoms with van der Waals surface area (Å²) in [6.45, 7) is 2.04. The summed E-state index contributed by atoms with van der Waals surface area (Å²) >= 11 is 0. The van der Waals surface area contributed by atoms with Gasteiger partial charge in [-0.2, -0.15) is 0 Å². The van der Waals surface area contributed by atoms with Crippen LogP contribution in [0.25, 0.3) is 0 Å². The van der Waals surface area contributed by atoms with E-state index in [-0.39, 0.29) is 12.2 Å². The SMILES string of the molecule is COc1ccc(C2N=C3C=NC=CN3C2Nc2ccc3c(c2)CC/C3=N/O)cc1C. The molecule has 7 nitrogen and oxygen atoms in total. The summed E-state index contributed by atoms with van der Waals surface area (Å²) in [7, 11) is 1.68. The van der Waals surface area contributed by atoms with Crippen molar-refractivity contribution < 1.29 is 9.94 Å². The largest absolute Gasteiger partial charge is 0.496 e. The lowest BCUT2D eigenvalue weighted by Gasteiger charge is -2.29. The predicted molar refractivity (Wildman–Crippen MR) is 118 cm³/mol. The van der Waals surface area contributed by atoms with Crippen LogP contribution in [0, 0.1) is 6.92 Å². The van der Waals surface area contributed by atoms with Crippen LogP contribution in [-0.2, 0) is 6.42 Å². The van der Waals surface area contributed by atoms with E-state index in [2.05, 4.69) is 38.6 Å². The zero-order chi connectivity index (χ0) is 20.7. The van der Waals surface area contributed by atoms with E-state index in [1.165, 1.54) is 5.56 Å². The van der Waals surface area contributed by atoms with Crippen molar-refractivity contribution in [2.45, 2.75) is 32.0 Å². The maximum absolute atomic E-state index is 9.18. The highest BCUT2D eigenvalue weighted by Crippen LogP contribution is 2.35. The molecular weight excluding hydrogens is 378 g/mol. The molecule has 3 aliphatic rings. The van der Waals surface area contributed by atoms with Crippen LogP contribution in [0.1, 0.15) is 34.7 Å². The second-order valence-corrected chi connectivity index (χ2v) is 7.65. The minimum Gasteiger partial charge on any atom is -0.496 e. The fraction of sp³-hybridized carbons (Fsp3) is 0.261. The summed E-state index contributed by atoms with van der Waals surface area (Å²) in [6, 6.07) is 12.3. The first-order valence-electron chi connectivity index (χ1n) is 9.99. The number of nitrogens with one attached hydrogen (secondary N) is 1. The number of anilines is 1. The van der Waals surface area contributed by atoms with Crippen molar-refractivity contribution in [2.24, 2.45) is 15.1 Å². The number of hydrogen-bond donors (Lipinski definition) is 2. The van der Waals surface area contributed by atoms with Gasteiger partial charge in [0.05, 0.1) is 19.0 Å². The summed E-state index contributed by atoms with van der Waals surface area (Å²) in [6.07, 6.45) is 7.09. The minimum absolute atomic E-state index is 0.0822. The molecule has 0 bridgehead atoms. The molecule has 7 heteroatoms. The second kappa shape index (κ2) is 7.33. The molecule has 0 amide bonds. The maximum Gasteiger partial charge on any atom is 0.148 e. The Morgan fingerprint density at radius 1 is 1.20 bits per heavy atom. The first-order valence-corrected chi connectivity index (χ1v) is 9.99. The monoisotopic (exact) mass is 401 g/mol. The number of hydrogen-bond acceptors (Lipinski definition) is 7. The van der Waals surface area contributed by atoms with Crippen LogP contribution < -0.4 is 10.1 Å². The Morgan fingerprint density at radius 2 is 2.10 bits per heavy atom. The average molecular weight is 401 g/mol. The predicted octanol–water partition coefficient (Wildman–Crippen LogP) is 3.88. The zero-order valence-electron chi connectivity index (χ0n) is 16.9. The molecule has 30 heavy (non-hydrogen) atoms. The number of amidine groups is 1. The van der Waals surface area contributed by atoms with Crippen LogP contribution in [0.2, 0.25) is 0 Å². The number of nitrogens with zero attached hydrogens (tertiary/aromatic N) is 4. The third-order valence-corrected chi connectivity index (χ3v) is 5.88. The summed E-state index contributed by atoms with van der Waals surface area (Å²) in [4.78, 5) is 11.3. The molecule has 2 unspecified atom stereocenters. The van der Waals surface area contributed by atoms with E-state index in [4.69, 9.17) is 9.73 Å². The van der Waals surface area contributed by atoms with E-state index in [1.54, 1.807) is 19.5 Å². The number of fused-ring (bicyclic) bond motifs is 2. The third kappa shape index (κ3) is 3.03. The first-order chi connectivity index (χ1) is 14.7. The highest BCUT2D eigenvalue weighted by atomic mass is 16.5. The average Bonchev–Trinajstić information content (AvgIpc) is 3.35. The standard InChI is InChI=1S/C23H23N5O2/c1-14-11-16(4-8-20(14)30-2)22-23(28-10-9-24-13-21(28)26-22)25-17-5-6-18-15(12-17)3-7-19(18)27-29/h4-6,8-13,22-23,25,29H,3,7H2,1-2H3/b27-19-. The van der Waals surface area contributed by atoms with Crippen molar-refractivity contribution in [2.75, 3.05) is 12.4 Å². The van der Waals surface area contributed by atoms with Gasteiger partial charge in [-0.1, -0.05) is 23.4 Å². The van der Waals surface area contributed by atoms with E-state index in [9.17, 15) is 5.21 Å². The molecule has 2 N–H and O–H groups in total. The van der Waals surface area contributed by atoms with Gasteiger partial charge >= 0.3 is 0 Å². The summed E-state index contributed by atoms with van der Waals surface area (Å²) in [5.74, 6) is 1.71. The Labute approximate surface area is 175 Å². The molecule has 0 saturated carbocycles. The molecule has 0 fully saturated rings. The molecular formula is C23H23N5O2. The van der Waals surface area contributed by atoms with Crippen LogP contribution in [0.3, 0.4) is 0 Å². The summed E-state index contributed by atoms with van der Waals surface area (Å²) < 4.78 is 5.42. The van der Waals surface area contributed by atoms with E-state index < -0.39 is 0 Å². The number of benzene rings is 2. The molecule has 5 rings (SSSR count). The number of methoxy groups -OCH3 is 1. The second-order valence-electron chi connectivity index (χ2n) is 7.65.